The zero-order chi connectivity index (χ0) is 21.2. The van der Waals surface area contributed by atoms with Gasteiger partial charge in [0, 0.05) is 0 Å². The Labute approximate surface area is 180 Å². The molecule has 3 aromatic carbocycles. The van der Waals surface area contributed by atoms with E-state index in [4.69, 9.17) is 9.47 Å². The molecule has 0 bridgehead atoms. The van der Waals surface area contributed by atoms with Crippen molar-refractivity contribution in [3.8, 4) is 0 Å². The van der Waals surface area contributed by atoms with Gasteiger partial charge in [-0.2, -0.15) is 0 Å². The van der Waals surface area contributed by atoms with Crippen molar-refractivity contribution in [3.63, 3.8) is 0 Å². The van der Waals surface area contributed by atoms with Gasteiger partial charge in [0.15, 0.2) is 0 Å². The van der Waals surface area contributed by atoms with E-state index in [1.165, 1.54) is 0 Å². The van der Waals surface area contributed by atoms with Crippen LogP contribution in [0.15, 0.2) is 116 Å². The molecule has 2 nitrogen and oxygen atoms in total. The van der Waals surface area contributed by atoms with E-state index in [1.807, 2.05) is 25.1 Å². The quantitative estimate of drug-likeness (QED) is 0.270. The van der Waals surface area contributed by atoms with Crippen LogP contribution in [0.25, 0.3) is 0 Å². The minimum absolute atomic E-state index is 0.101. The van der Waals surface area contributed by atoms with E-state index < -0.39 is 5.60 Å². The summed E-state index contributed by atoms with van der Waals surface area (Å²) in [5.74, 6) is 0. The molecule has 0 unspecified atom stereocenters. The van der Waals surface area contributed by atoms with Crippen LogP contribution in [-0.2, 0) is 15.1 Å². The third kappa shape index (κ3) is 5.15. The zero-order valence-corrected chi connectivity index (χ0v) is 17.7. The first-order chi connectivity index (χ1) is 14.7. The Hall–Kier alpha value is -2.94. The van der Waals surface area contributed by atoms with E-state index >= 15 is 0 Å². The van der Waals surface area contributed by atoms with E-state index in [-0.39, 0.29) is 6.10 Å². The lowest BCUT2D eigenvalue weighted by molar-refractivity contribution is -0.0585. The maximum Gasteiger partial charge on any atom is 0.143 e. The summed E-state index contributed by atoms with van der Waals surface area (Å²) in [5, 5.41) is 0. The van der Waals surface area contributed by atoms with Crippen molar-refractivity contribution >= 4 is 0 Å². The van der Waals surface area contributed by atoms with Crippen LogP contribution >= 0.6 is 0 Å². The summed E-state index contributed by atoms with van der Waals surface area (Å²) in [6.07, 6.45) is 2.41. The van der Waals surface area contributed by atoms with Crippen LogP contribution in [0.3, 0.4) is 0 Å². The molecule has 3 aromatic rings. The Balaban J connectivity index is 2.08. The Kier molecular flexibility index (Phi) is 7.78. The number of hydrogen-bond acceptors (Lipinski definition) is 2. The molecule has 0 aliphatic rings. The molecule has 3 rings (SSSR count). The van der Waals surface area contributed by atoms with Crippen LogP contribution in [-0.4, -0.2) is 19.3 Å². The third-order valence-electron chi connectivity index (χ3n) is 5.05. The molecule has 30 heavy (non-hydrogen) atoms. The summed E-state index contributed by atoms with van der Waals surface area (Å²) in [5.41, 5.74) is 3.58. The van der Waals surface area contributed by atoms with Gasteiger partial charge in [0.1, 0.15) is 5.60 Å². The number of rotatable bonds is 11. The second-order valence-electron chi connectivity index (χ2n) is 7.50. The fourth-order valence-electron chi connectivity index (χ4n) is 3.75. The molecule has 0 aliphatic carbocycles. The van der Waals surface area contributed by atoms with Gasteiger partial charge in [-0.25, -0.2) is 0 Å². The van der Waals surface area contributed by atoms with Crippen molar-refractivity contribution in [3.05, 3.63) is 132 Å². The van der Waals surface area contributed by atoms with Crippen molar-refractivity contribution in [2.24, 2.45) is 0 Å². The number of benzene rings is 3. The highest BCUT2D eigenvalue weighted by atomic mass is 16.5. The third-order valence-corrected chi connectivity index (χ3v) is 5.05. The molecule has 2 heteroatoms. The molecule has 0 aromatic heterocycles. The second-order valence-corrected chi connectivity index (χ2v) is 7.50. The SMILES string of the molecule is C=CCO[C@H](COC(c1ccccc1)(c1ccccc1)c1ccccc1)CC(=C)C. The molecule has 0 N–H and O–H groups in total. The first-order valence-electron chi connectivity index (χ1n) is 10.3. The van der Waals surface area contributed by atoms with Gasteiger partial charge in [-0.05, 0) is 30.0 Å². The summed E-state index contributed by atoms with van der Waals surface area (Å²) < 4.78 is 12.8. The molecule has 0 saturated heterocycles. The molecule has 0 heterocycles. The summed E-state index contributed by atoms with van der Waals surface area (Å²) in [7, 11) is 0. The minimum atomic E-state index is -0.741. The molecule has 0 saturated carbocycles. The van der Waals surface area contributed by atoms with Gasteiger partial charge in [0.25, 0.3) is 0 Å². The molecule has 0 aliphatic heterocycles. The normalized spacial score (nSPS) is 12.3. The highest BCUT2D eigenvalue weighted by Crippen LogP contribution is 2.40. The molecule has 1 atom stereocenters. The average Bonchev–Trinajstić information content (AvgIpc) is 2.79. The maximum absolute atomic E-state index is 6.85. The topological polar surface area (TPSA) is 18.5 Å². The zero-order valence-electron chi connectivity index (χ0n) is 17.7. The minimum Gasteiger partial charge on any atom is -0.371 e. The Morgan fingerprint density at radius 2 is 1.27 bits per heavy atom. The molecule has 0 radical (unpaired) electrons. The molecule has 0 spiro atoms. The van der Waals surface area contributed by atoms with E-state index in [0.29, 0.717) is 13.2 Å². The average molecular weight is 399 g/mol. The fourth-order valence-corrected chi connectivity index (χ4v) is 3.75. The highest BCUT2D eigenvalue weighted by Gasteiger charge is 2.38. The predicted molar refractivity (Wildman–Crippen MR) is 125 cm³/mol. The molecule has 0 fully saturated rings. The molecule has 154 valence electrons. The maximum atomic E-state index is 6.85. The summed E-state index contributed by atoms with van der Waals surface area (Å²) >= 11 is 0. The summed E-state index contributed by atoms with van der Waals surface area (Å²) in [6.45, 7) is 10.8. The first kappa shape index (κ1) is 21.8. The first-order valence-corrected chi connectivity index (χ1v) is 10.3. The van der Waals surface area contributed by atoms with E-state index in [2.05, 4.69) is 86.0 Å². The molecular weight excluding hydrogens is 368 g/mol. The van der Waals surface area contributed by atoms with Crippen molar-refractivity contribution in [1.82, 2.24) is 0 Å². The second kappa shape index (κ2) is 10.7. The fraction of sp³-hybridized carbons (Fsp3) is 0.214. The van der Waals surface area contributed by atoms with Gasteiger partial charge in [-0.15, -0.1) is 13.2 Å². The molecule has 0 amide bonds. The Morgan fingerprint density at radius 3 is 1.63 bits per heavy atom. The smallest absolute Gasteiger partial charge is 0.143 e. The highest BCUT2D eigenvalue weighted by molar-refractivity contribution is 5.47. The summed E-state index contributed by atoms with van der Waals surface area (Å²) in [4.78, 5) is 0. The van der Waals surface area contributed by atoms with Crippen LogP contribution in [0.4, 0.5) is 0 Å². The van der Waals surface area contributed by atoms with E-state index in [0.717, 1.165) is 28.7 Å². The Bertz CT molecular complexity index is 820. The summed E-state index contributed by atoms with van der Waals surface area (Å²) in [6, 6.07) is 31.2. The Morgan fingerprint density at radius 1 is 0.833 bits per heavy atom. The predicted octanol–water partition coefficient (Wildman–Crippen LogP) is 6.53. The lowest BCUT2D eigenvalue weighted by Crippen LogP contribution is -2.36. The number of hydrogen-bond donors (Lipinski definition) is 0. The van der Waals surface area contributed by atoms with Crippen molar-refractivity contribution < 1.29 is 9.47 Å². The standard InChI is InChI=1S/C28H30O2/c1-4-20-29-27(21-23(2)3)22-30-28(24-14-8-5-9-15-24,25-16-10-6-11-17-25)26-18-12-7-13-19-26/h4-19,27H,1-2,20-22H2,3H3/t27-/m0/s1. The van der Waals surface area contributed by atoms with Gasteiger partial charge in [-0.3, -0.25) is 0 Å². The van der Waals surface area contributed by atoms with Crippen LogP contribution in [0, 0.1) is 0 Å². The lowest BCUT2D eigenvalue weighted by Gasteiger charge is -2.37. The largest absolute Gasteiger partial charge is 0.371 e. The van der Waals surface area contributed by atoms with Crippen LogP contribution in [0.5, 0.6) is 0 Å². The lowest BCUT2D eigenvalue weighted by atomic mass is 9.80. The number of ether oxygens (including phenoxy) is 2. The molecular formula is C28H30O2. The van der Waals surface area contributed by atoms with Crippen molar-refractivity contribution in [2.45, 2.75) is 25.0 Å². The van der Waals surface area contributed by atoms with Crippen LogP contribution < -0.4 is 0 Å². The van der Waals surface area contributed by atoms with Gasteiger partial charge >= 0.3 is 0 Å². The van der Waals surface area contributed by atoms with Crippen molar-refractivity contribution in [2.75, 3.05) is 13.2 Å². The van der Waals surface area contributed by atoms with Crippen LogP contribution in [0.1, 0.15) is 30.0 Å². The van der Waals surface area contributed by atoms with Gasteiger partial charge in [0.2, 0.25) is 0 Å². The van der Waals surface area contributed by atoms with Crippen LogP contribution in [0.2, 0.25) is 0 Å². The van der Waals surface area contributed by atoms with Gasteiger partial charge < -0.3 is 9.47 Å². The van der Waals surface area contributed by atoms with Gasteiger partial charge in [0.05, 0.1) is 19.3 Å². The van der Waals surface area contributed by atoms with Crippen molar-refractivity contribution in [1.29, 1.82) is 0 Å². The van der Waals surface area contributed by atoms with E-state index in [9.17, 15) is 0 Å². The van der Waals surface area contributed by atoms with E-state index in [1.54, 1.807) is 6.08 Å². The monoisotopic (exact) mass is 398 g/mol. The van der Waals surface area contributed by atoms with Gasteiger partial charge in [-0.1, -0.05) is 103 Å².